The van der Waals surface area contributed by atoms with Crippen molar-refractivity contribution in [1.29, 1.82) is 0 Å². The van der Waals surface area contributed by atoms with E-state index in [0.717, 1.165) is 22.4 Å². The van der Waals surface area contributed by atoms with Gasteiger partial charge in [0.2, 0.25) is 5.91 Å². The van der Waals surface area contributed by atoms with Crippen LogP contribution in [0.1, 0.15) is 27.0 Å². The number of primary amides is 1. The first-order chi connectivity index (χ1) is 9.60. The number of carbonyl (C=O) groups is 1. The van der Waals surface area contributed by atoms with E-state index in [2.05, 4.69) is 0 Å². The molecule has 0 radical (unpaired) electrons. The van der Waals surface area contributed by atoms with Crippen molar-refractivity contribution in [2.45, 2.75) is 20.1 Å². The minimum absolute atomic E-state index is 0.0218. The number of aliphatic hydroxyl groups excluding tert-OH is 1. The first-order valence-corrected chi connectivity index (χ1v) is 6.32. The fourth-order valence-electron chi connectivity index (χ4n) is 1.86. The average molecular weight is 271 g/mol. The van der Waals surface area contributed by atoms with Gasteiger partial charge in [-0.1, -0.05) is 18.2 Å². The molecule has 0 aliphatic heterocycles. The molecule has 0 heterocycles. The van der Waals surface area contributed by atoms with E-state index in [-0.39, 0.29) is 6.61 Å². The maximum Gasteiger partial charge on any atom is 0.248 e. The molecule has 2 aromatic rings. The summed E-state index contributed by atoms with van der Waals surface area (Å²) in [4.78, 5) is 11.1. The van der Waals surface area contributed by atoms with Gasteiger partial charge in [-0.2, -0.15) is 0 Å². The first kappa shape index (κ1) is 14.1. The van der Waals surface area contributed by atoms with Crippen LogP contribution in [0.3, 0.4) is 0 Å². The highest BCUT2D eigenvalue weighted by molar-refractivity contribution is 5.93. The summed E-state index contributed by atoms with van der Waals surface area (Å²) in [7, 11) is 0. The molecule has 0 fully saturated rings. The molecule has 1 amide bonds. The van der Waals surface area contributed by atoms with Crippen LogP contribution in [0.4, 0.5) is 0 Å². The smallest absolute Gasteiger partial charge is 0.248 e. The monoisotopic (exact) mass is 271 g/mol. The summed E-state index contributed by atoms with van der Waals surface area (Å²) < 4.78 is 5.67. The zero-order chi connectivity index (χ0) is 14.5. The van der Waals surface area contributed by atoms with Crippen molar-refractivity contribution in [2.24, 2.45) is 5.73 Å². The van der Waals surface area contributed by atoms with E-state index in [1.807, 2.05) is 37.3 Å². The second-order valence-corrected chi connectivity index (χ2v) is 4.60. The number of ether oxygens (including phenoxy) is 1. The number of rotatable bonds is 5. The van der Waals surface area contributed by atoms with Gasteiger partial charge in [-0.05, 0) is 47.9 Å². The Morgan fingerprint density at radius 2 is 1.90 bits per heavy atom. The number of hydrogen-bond acceptors (Lipinski definition) is 3. The Labute approximate surface area is 117 Å². The maximum atomic E-state index is 11.1. The van der Waals surface area contributed by atoms with Gasteiger partial charge in [0.1, 0.15) is 12.4 Å². The summed E-state index contributed by atoms with van der Waals surface area (Å²) in [5.74, 6) is 0.306. The van der Waals surface area contributed by atoms with Gasteiger partial charge >= 0.3 is 0 Å². The second-order valence-electron chi connectivity index (χ2n) is 4.60. The van der Waals surface area contributed by atoms with Crippen LogP contribution >= 0.6 is 0 Å². The van der Waals surface area contributed by atoms with E-state index >= 15 is 0 Å². The third kappa shape index (κ3) is 3.36. The van der Waals surface area contributed by atoms with Gasteiger partial charge in [0.25, 0.3) is 0 Å². The van der Waals surface area contributed by atoms with Crippen molar-refractivity contribution in [1.82, 2.24) is 0 Å². The van der Waals surface area contributed by atoms with Gasteiger partial charge < -0.3 is 15.6 Å². The zero-order valence-electron chi connectivity index (χ0n) is 11.3. The van der Waals surface area contributed by atoms with E-state index < -0.39 is 5.91 Å². The Balaban J connectivity index is 2.04. The van der Waals surface area contributed by atoms with Crippen LogP contribution in [-0.4, -0.2) is 11.0 Å². The molecule has 4 heteroatoms. The minimum atomic E-state index is -0.430. The summed E-state index contributed by atoms with van der Waals surface area (Å²) in [6, 6.07) is 12.6. The molecule has 3 N–H and O–H groups in total. The van der Waals surface area contributed by atoms with Crippen LogP contribution in [0.2, 0.25) is 0 Å². The van der Waals surface area contributed by atoms with E-state index in [4.69, 9.17) is 15.6 Å². The van der Waals surface area contributed by atoms with Crippen molar-refractivity contribution in [3.05, 3.63) is 64.7 Å². The number of amides is 1. The average Bonchev–Trinajstić information content (AvgIpc) is 2.46. The predicted octanol–water partition coefficient (Wildman–Crippen LogP) is 2.17. The Bertz CT molecular complexity index is 606. The molecule has 4 nitrogen and oxygen atoms in total. The predicted molar refractivity (Wildman–Crippen MR) is 76.4 cm³/mol. The third-order valence-electron chi connectivity index (χ3n) is 3.13. The van der Waals surface area contributed by atoms with Gasteiger partial charge in [-0.3, -0.25) is 4.79 Å². The number of benzene rings is 2. The van der Waals surface area contributed by atoms with E-state index in [1.165, 1.54) is 0 Å². The molecule has 0 aliphatic carbocycles. The number of aliphatic hydroxyl groups is 1. The summed E-state index contributed by atoms with van der Waals surface area (Å²) >= 11 is 0. The van der Waals surface area contributed by atoms with Gasteiger partial charge in [0, 0.05) is 5.56 Å². The normalized spacial score (nSPS) is 10.3. The lowest BCUT2D eigenvalue weighted by atomic mass is 10.1. The molecular formula is C16H17NO3. The Morgan fingerprint density at radius 3 is 2.45 bits per heavy atom. The lowest BCUT2D eigenvalue weighted by molar-refractivity contribution is 0.1000. The van der Waals surface area contributed by atoms with E-state index in [9.17, 15) is 4.79 Å². The molecule has 0 atom stereocenters. The Hall–Kier alpha value is -2.33. The molecule has 104 valence electrons. The first-order valence-electron chi connectivity index (χ1n) is 6.32. The van der Waals surface area contributed by atoms with Crippen LogP contribution in [-0.2, 0) is 13.2 Å². The highest BCUT2D eigenvalue weighted by atomic mass is 16.5. The highest BCUT2D eigenvalue weighted by Gasteiger charge is 2.05. The second kappa shape index (κ2) is 6.21. The molecule has 0 aromatic heterocycles. The maximum absolute atomic E-state index is 11.1. The molecule has 2 aromatic carbocycles. The highest BCUT2D eigenvalue weighted by Crippen LogP contribution is 2.17. The quantitative estimate of drug-likeness (QED) is 0.875. The van der Waals surface area contributed by atoms with Crippen molar-refractivity contribution < 1.29 is 14.6 Å². The fraction of sp³-hybridized carbons (Fsp3) is 0.188. The minimum Gasteiger partial charge on any atom is -0.489 e. The molecule has 0 spiro atoms. The molecule has 0 saturated heterocycles. The zero-order valence-corrected chi connectivity index (χ0v) is 11.3. The van der Waals surface area contributed by atoms with Crippen molar-refractivity contribution in [3.63, 3.8) is 0 Å². The number of aryl methyl sites for hydroxylation is 1. The summed E-state index contributed by atoms with van der Waals surface area (Å²) in [5.41, 5.74) is 8.55. The van der Waals surface area contributed by atoms with Gasteiger partial charge in [-0.25, -0.2) is 0 Å². The molecule has 0 bridgehead atoms. The lowest BCUT2D eigenvalue weighted by Crippen LogP contribution is -2.11. The van der Waals surface area contributed by atoms with Gasteiger partial charge in [0.15, 0.2) is 0 Å². The van der Waals surface area contributed by atoms with Crippen LogP contribution in [0.25, 0.3) is 0 Å². The molecule has 20 heavy (non-hydrogen) atoms. The van der Waals surface area contributed by atoms with E-state index in [0.29, 0.717) is 12.2 Å². The summed E-state index contributed by atoms with van der Waals surface area (Å²) in [6.45, 7) is 2.36. The van der Waals surface area contributed by atoms with Crippen molar-refractivity contribution in [2.75, 3.05) is 0 Å². The fourth-order valence-corrected chi connectivity index (χ4v) is 1.86. The number of nitrogens with two attached hydrogens (primary N) is 1. The molecule has 0 saturated carbocycles. The van der Waals surface area contributed by atoms with Crippen LogP contribution < -0.4 is 10.5 Å². The van der Waals surface area contributed by atoms with Crippen LogP contribution in [0, 0.1) is 6.92 Å². The molecule has 2 rings (SSSR count). The summed E-state index contributed by atoms with van der Waals surface area (Å²) in [5, 5.41) is 8.97. The van der Waals surface area contributed by atoms with Crippen LogP contribution in [0.15, 0.2) is 42.5 Å². The SMILES string of the molecule is Cc1cc(C(N)=O)ccc1COc1ccc(CO)cc1. The molecule has 0 unspecified atom stereocenters. The molecular weight excluding hydrogens is 254 g/mol. The molecule has 0 aliphatic rings. The summed E-state index contributed by atoms with van der Waals surface area (Å²) in [6.07, 6.45) is 0. The number of carbonyl (C=O) groups excluding carboxylic acids is 1. The standard InChI is InChI=1S/C16H17NO3/c1-11-8-13(16(17)19)4-5-14(11)10-20-15-6-2-12(9-18)3-7-15/h2-8,18H,9-10H2,1H3,(H2,17,19). The van der Waals surface area contributed by atoms with Gasteiger partial charge in [-0.15, -0.1) is 0 Å². The number of hydrogen-bond donors (Lipinski definition) is 2. The van der Waals surface area contributed by atoms with Crippen molar-refractivity contribution in [3.8, 4) is 5.75 Å². The van der Waals surface area contributed by atoms with Crippen LogP contribution in [0.5, 0.6) is 5.75 Å². The van der Waals surface area contributed by atoms with E-state index in [1.54, 1.807) is 12.1 Å². The largest absolute Gasteiger partial charge is 0.489 e. The topological polar surface area (TPSA) is 72.6 Å². The Kier molecular flexibility index (Phi) is 4.38. The Morgan fingerprint density at radius 1 is 1.20 bits per heavy atom. The lowest BCUT2D eigenvalue weighted by Gasteiger charge is -2.10. The third-order valence-corrected chi connectivity index (χ3v) is 3.13. The van der Waals surface area contributed by atoms with Crippen molar-refractivity contribution >= 4 is 5.91 Å². The van der Waals surface area contributed by atoms with Gasteiger partial charge in [0.05, 0.1) is 6.61 Å².